The molecule has 0 heterocycles. The molecule has 3 rings (SSSR count). The number of hydrogen-bond donors (Lipinski definition) is 0. The molecular weight excluding hydrogens is 362 g/mol. The van der Waals surface area contributed by atoms with Gasteiger partial charge in [-0.1, -0.05) is 91.0 Å². The molecule has 0 saturated carbocycles. The highest BCUT2D eigenvalue weighted by Gasteiger charge is 2.24. The number of benzene rings is 3. The minimum Gasteiger partial charge on any atom is -0.324 e. The number of aryl methyl sites for hydroxylation is 3. The van der Waals surface area contributed by atoms with E-state index in [0.717, 1.165) is 0 Å². The molecule has 0 aromatic heterocycles. The molecule has 1 heteroatoms. The standard InChI is InChI=1S/C29H38N/c1-2-30(24-12-21-27-15-6-3-7-16-27,25-13-22-28-17-8-4-9-18-28)26-14-23-29-19-10-5-11-20-29/h3-11,15-20H,2,12-14,21-26H2,1H3/q+1. The first-order chi connectivity index (χ1) is 14.8. The maximum absolute atomic E-state index is 2.40. The van der Waals surface area contributed by atoms with Crippen LogP contribution in [0.15, 0.2) is 91.0 Å². The highest BCUT2D eigenvalue weighted by Crippen LogP contribution is 2.17. The molecule has 0 amide bonds. The topological polar surface area (TPSA) is 0 Å². The van der Waals surface area contributed by atoms with Crippen LogP contribution in [0.2, 0.25) is 0 Å². The summed E-state index contributed by atoms with van der Waals surface area (Å²) >= 11 is 0. The van der Waals surface area contributed by atoms with Crippen molar-refractivity contribution in [3.63, 3.8) is 0 Å². The summed E-state index contributed by atoms with van der Waals surface area (Å²) in [5.74, 6) is 0. The van der Waals surface area contributed by atoms with Crippen molar-refractivity contribution in [3.05, 3.63) is 108 Å². The van der Waals surface area contributed by atoms with E-state index in [-0.39, 0.29) is 0 Å². The monoisotopic (exact) mass is 400 g/mol. The molecule has 0 N–H and O–H groups in total. The predicted octanol–water partition coefficient (Wildman–Crippen LogP) is 6.72. The lowest BCUT2D eigenvalue weighted by Crippen LogP contribution is -2.50. The SMILES string of the molecule is CC[N+](CCCc1ccccc1)(CCCc1ccccc1)CCCc1ccccc1. The molecule has 0 aliphatic rings. The predicted molar refractivity (Wildman–Crippen MR) is 130 cm³/mol. The second-order valence-corrected chi connectivity index (χ2v) is 8.60. The van der Waals surface area contributed by atoms with Gasteiger partial charge in [0.15, 0.2) is 0 Å². The van der Waals surface area contributed by atoms with Crippen molar-refractivity contribution < 1.29 is 4.48 Å². The number of nitrogens with zero attached hydrogens (tertiary/aromatic N) is 1. The van der Waals surface area contributed by atoms with Crippen molar-refractivity contribution in [2.24, 2.45) is 0 Å². The maximum Gasteiger partial charge on any atom is 0.0789 e. The summed E-state index contributed by atoms with van der Waals surface area (Å²) < 4.78 is 1.26. The van der Waals surface area contributed by atoms with Crippen LogP contribution >= 0.6 is 0 Å². The van der Waals surface area contributed by atoms with Crippen LogP contribution in [0.1, 0.15) is 42.9 Å². The highest BCUT2D eigenvalue weighted by atomic mass is 15.3. The number of rotatable bonds is 13. The molecule has 1 nitrogen and oxygen atoms in total. The molecule has 3 aromatic carbocycles. The molecule has 30 heavy (non-hydrogen) atoms. The van der Waals surface area contributed by atoms with Crippen molar-refractivity contribution in [3.8, 4) is 0 Å². The summed E-state index contributed by atoms with van der Waals surface area (Å²) in [5, 5.41) is 0. The third-order valence-electron chi connectivity index (χ3n) is 6.49. The van der Waals surface area contributed by atoms with E-state index in [1.165, 1.54) is 85.9 Å². The molecule has 158 valence electrons. The van der Waals surface area contributed by atoms with Crippen LogP contribution in [0.5, 0.6) is 0 Å². The van der Waals surface area contributed by atoms with Gasteiger partial charge in [-0.3, -0.25) is 0 Å². The molecule has 0 saturated heterocycles. The summed E-state index contributed by atoms with van der Waals surface area (Å²) in [6.45, 7) is 7.49. The van der Waals surface area contributed by atoms with Gasteiger partial charge in [-0.15, -0.1) is 0 Å². The molecule has 0 aliphatic heterocycles. The van der Waals surface area contributed by atoms with Crippen LogP contribution in [0, 0.1) is 0 Å². The summed E-state index contributed by atoms with van der Waals surface area (Å²) in [6, 6.07) is 32.9. The quantitative estimate of drug-likeness (QED) is 0.279. The summed E-state index contributed by atoms with van der Waals surface area (Å²) in [7, 11) is 0. The largest absolute Gasteiger partial charge is 0.324 e. The Morgan fingerprint density at radius 2 is 0.767 bits per heavy atom. The van der Waals surface area contributed by atoms with E-state index in [1.807, 2.05) is 0 Å². The van der Waals surface area contributed by atoms with Crippen LogP contribution in [0.25, 0.3) is 0 Å². The van der Waals surface area contributed by atoms with Gasteiger partial charge in [-0.25, -0.2) is 0 Å². The zero-order chi connectivity index (χ0) is 20.9. The van der Waals surface area contributed by atoms with E-state index >= 15 is 0 Å². The van der Waals surface area contributed by atoms with Crippen molar-refractivity contribution >= 4 is 0 Å². The van der Waals surface area contributed by atoms with Gasteiger partial charge in [-0.2, -0.15) is 0 Å². The van der Waals surface area contributed by atoms with E-state index in [4.69, 9.17) is 0 Å². The Balaban J connectivity index is 1.56. The van der Waals surface area contributed by atoms with Gasteiger partial charge in [0.05, 0.1) is 26.2 Å². The summed E-state index contributed by atoms with van der Waals surface area (Å²) in [6.07, 6.45) is 7.40. The summed E-state index contributed by atoms with van der Waals surface area (Å²) in [4.78, 5) is 0. The van der Waals surface area contributed by atoms with Crippen LogP contribution < -0.4 is 0 Å². The van der Waals surface area contributed by atoms with Gasteiger partial charge in [0, 0.05) is 19.3 Å². The first kappa shape index (κ1) is 22.3. The Morgan fingerprint density at radius 3 is 1.03 bits per heavy atom. The smallest absolute Gasteiger partial charge is 0.0789 e. The second kappa shape index (κ2) is 12.3. The average molecular weight is 401 g/mol. The zero-order valence-electron chi connectivity index (χ0n) is 18.7. The third kappa shape index (κ3) is 7.46. The zero-order valence-corrected chi connectivity index (χ0v) is 18.7. The Bertz CT molecular complexity index is 700. The van der Waals surface area contributed by atoms with Gasteiger partial charge in [-0.05, 0) is 42.9 Å². The lowest BCUT2D eigenvalue weighted by atomic mass is 10.1. The fourth-order valence-electron chi connectivity index (χ4n) is 4.60. The first-order valence-electron chi connectivity index (χ1n) is 11.8. The Morgan fingerprint density at radius 1 is 0.467 bits per heavy atom. The maximum atomic E-state index is 2.40. The van der Waals surface area contributed by atoms with E-state index < -0.39 is 0 Å². The molecule has 0 fully saturated rings. The second-order valence-electron chi connectivity index (χ2n) is 8.60. The van der Waals surface area contributed by atoms with Crippen molar-refractivity contribution in [1.82, 2.24) is 0 Å². The van der Waals surface area contributed by atoms with Crippen LogP contribution in [0.3, 0.4) is 0 Å². The van der Waals surface area contributed by atoms with E-state index in [2.05, 4.69) is 97.9 Å². The fraction of sp³-hybridized carbons (Fsp3) is 0.379. The summed E-state index contributed by atoms with van der Waals surface area (Å²) in [5.41, 5.74) is 4.42. The fourth-order valence-corrected chi connectivity index (χ4v) is 4.60. The Kier molecular flexibility index (Phi) is 9.18. The normalized spacial score (nSPS) is 11.5. The van der Waals surface area contributed by atoms with Crippen LogP contribution in [0.4, 0.5) is 0 Å². The number of hydrogen-bond acceptors (Lipinski definition) is 0. The molecular formula is C29H38N+. The lowest BCUT2D eigenvalue weighted by Gasteiger charge is -2.38. The van der Waals surface area contributed by atoms with Crippen LogP contribution in [-0.2, 0) is 19.3 Å². The van der Waals surface area contributed by atoms with E-state index in [0.29, 0.717) is 0 Å². The van der Waals surface area contributed by atoms with Gasteiger partial charge in [0.1, 0.15) is 0 Å². The van der Waals surface area contributed by atoms with Crippen molar-refractivity contribution in [1.29, 1.82) is 0 Å². The molecule has 0 atom stereocenters. The van der Waals surface area contributed by atoms with E-state index in [9.17, 15) is 0 Å². The van der Waals surface area contributed by atoms with Crippen molar-refractivity contribution in [2.45, 2.75) is 45.4 Å². The third-order valence-corrected chi connectivity index (χ3v) is 6.49. The molecule has 3 aromatic rings. The molecule has 0 aliphatic carbocycles. The lowest BCUT2D eigenvalue weighted by molar-refractivity contribution is -0.927. The first-order valence-corrected chi connectivity index (χ1v) is 11.8. The van der Waals surface area contributed by atoms with Crippen LogP contribution in [-0.4, -0.2) is 30.7 Å². The molecule has 0 bridgehead atoms. The van der Waals surface area contributed by atoms with Gasteiger partial charge in [0.25, 0.3) is 0 Å². The number of quaternary nitrogens is 1. The minimum atomic E-state index is 1.19. The molecule has 0 unspecified atom stereocenters. The molecule has 0 radical (unpaired) electrons. The Hall–Kier alpha value is -2.38. The highest BCUT2D eigenvalue weighted by molar-refractivity contribution is 5.16. The Labute approximate surface area is 184 Å². The van der Waals surface area contributed by atoms with Gasteiger partial charge < -0.3 is 4.48 Å². The van der Waals surface area contributed by atoms with Crippen molar-refractivity contribution in [2.75, 3.05) is 26.2 Å². The van der Waals surface area contributed by atoms with E-state index in [1.54, 1.807) is 0 Å². The van der Waals surface area contributed by atoms with Gasteiger partial charge in [0.2, 0.25) is 0 Å². The minimum absolute atomic E-state index is 1.19. The average Bonchev–Trinajstić information content (AvgIpc) is 2.81. The molecule has 0 spiro atoms. The van der Waals surface area contributed by atoms with Gasteiger partial charge >= 0.3 is 0 Å².